The minimum absolute atomic E-state index is 0.0799. The van der Waals surface area contributed by atoms with Gasteiger partial charge in [0.1, 0.15) is 6.04 Å². The van der Waals surface area contributed by atoms with Crippen molar-refractivity contribution in [1.29, 1.82) is 0 Å². The van der Waals surface area contributed by atoms with Gasteiger partial charge < -0.3 is 27.0 Å². The molecule has 0 aliphatic carbocycles. The molecule has 1 fully saturated rings. The van der Waals surface area contributed by atoms with E-state index in [1.165, 1.54) is 4.90 Å². The summed E-state index contributed by atoms with van der Waals surface area (Å²) >= 11 is 0. The van der Waals surface area contributed by atoms with Crippen LogP contribution in [0, 0.1) is 5.92 Å². The third-order valence-electron chi connectivity index (χ3n) is 2.97. The van der Waals surface area contributed by atoms with Crippen LogP contribution in [0.1, 0.15) is 40.5 Å². The number of Topliss-reactive ketones (excluding diaryl/α,β-unsaturated/α-hetero) is 1. The molecule has 6 N–H and O–H groups in total. The molecule has 1 atom stereocenters. The summed E-state index contributed by atoms with van der Waals surface area (Å²) in [5, 5.41) is 4.53. The van der Waals surface area contributed by atoms with Gasteiger partial charge in [0, 0.05) is 13.1 Å². The molecule has 1 unspecified atom stereocenters. The summed E-state index contributed by atoms with van der Waals surface area (Å²) in [7, 11) is 0. The highest BCUT2D eigenvalue weighted by molar-refractivity contribution is 6.38. The molecular weight excluding hydrogens is 354 g/mol. The van der Waals surface area contributed by atoms with Crippen LogP contribution in [0.4, 0.5) is 0 Å². The van der Waals surface area contributed by atoms with Crippen molar-refractivity contribution >= 4 is 29.9 Å². The molecule has 1 aliphatic heterocycles. The first kappa shape index (κ1) is 26.7. The van der Waals surface area contributed by atoms with Gasteiger partial charge in [-0.05, 0) is 25.7 Å². The van der Waals surface area contributed by atoms with Crippen molar-refractivity contribution in [3.05, 3.63) is 0 Å². The van der Waals surface area contributed by atoms with E-state index in [1.54, 1.807) is 6.92 Å². The Balaban J connectivity index is 0. The van der Waals surface area contributed by atoms with E-state index < -0.39 is 23.6 Å². The molecule has 1 aliphatic rings. The number of nitrogens with one attached hydrogen (secondary N) is 2. The first-order valence-electron chi connectivity index (χ1n) is 8.89. The molecule has 1 heterocycles. The number of likely N-dealkylation sites (N-methyl/N-ethyl adjacent to an activating group) is 1. The Morgan fingerprint density at radius 3 is 2.15 bits per heavy atom. The van der Waals surface area contributed by atoms with Crippen LogP contribution < -0.4 is 22.1 Å². The lowest BCUT2D eigenvalue weighted by Crippen LogP contribution is -2.48. The molecule has 4 amide bonds. The van der Waals surface area contributed by atoms with Crippen molar-refractivity contribution in [2.24, 2.45) is 17.4 Å². The van der Waals surface area contributed by atoms with Gasteiger partial charge in [0.2, 0.25) is 24.0 Å². The number of primary amides is 1. The van der Waals surface area contributed by atoms with Crippen molar-refractivity contribution in [1.82, 2.24) is 15.5 Å². The zero-order valence-electron chi connectivity index (χ0n) is 16.6. The standard InChI is InChI=1S/C10H17N3O3.C4H10.C3H6N2O2/c1-2-12-10(16)9(15)7-4-3-5-13(7)8(14)6-11;1-4(2)3;4-3(7)1-5-2-6/h7H,2-6,11H2,1H3,(H,12,16);4H,1-3H3;2H,1H2,(H2,4,7)(H,5,6). The van der Waals surface area contributed by atoms with Crippen LogP contribution in [0.15, 0.2) is 0 Å². The van der Waals surface area contributed by atoms with Crippen LogP contribution in [-0.4, -0.2) is 67.0 Å². The van der Waals surface area contributed by atoms with E-state index in [0.717, 1.165) is 12.3 Å². The van der Waals surface area contributed by atoms with Crippen molar-refractivity contribution in [2.75, 3.05) is 26.2 Å². The number of nitrogens with two attached hydrogens (primary N) is 2. The van der Waals surface area contributed by atoms with E-state index in [2.05, 4.69) is 37.1 Å². The van der Waals surface area contributed by atoms with E-state index in [9.17, 15) is 24.0 Å². The monoisotopic (exact) mass is 387 g/mol. The van der Waals surface area contributed by atoms with E-state index in [4.69, 9.17) is 5.73 Å². The lowest BCUT2D eigenvalue weighted by molar-refractivity contribution is -0.143. The molecule has 10 heteroatoms. The molecule has 10 nitrogen and oxygen atoms in total. The van der Waals surface area contributed by atoms with E-state index in [-0.39, 0.29) is 19.0 Å². The number of rotatable bonds is 7. The van der Waals surface area contributed by atoms with Crippen LogP contribution in [0.25, 0.3) is 0 Å². The van der Waals surface area contributed by atoms with E-state index in [0.29, 0.717) is 25.9 Å². The predicted molar refractivity (Wildman–Crippen MR) is 101 cm³/mol. The van der Waals surface area contributed by atoms with E-state index in [1.807, 2.05) is 0 Å². The number of carbonyl (C=O) groups excluding carboxylic acids is 5. The van der Waals surface area contributed by atoms with E-state index >= 15 is 0 Å². The zero-order chi connectivity index (χ0) is 21.4. The minimum atomic E-state index is -0.623. The summed E-state index contributed by atoms with van der Waals surface area (Å²) in [6.45, 7) is 8.94. The second kappa shape index (κ2) is 15.7. The Kier molecular flexibility index (Phi) is 15.6. The Bertz CT molecular complexity index is 493. The van der Waals surface area contributed by atoms with Crippen LogP contribution in [-0.2, 0) is 24.0 Å². The second-order valence-corrected chi connectivity index (χ2v) is 6.37. The third kappa shape index (κ3) is 13.4. The van der Waals surface area contributed by atoms with Crippen molar-refractivity contribution < 1.29 is 24.0 Å². The van der Waals surface area contributed by atoms with Gasteiger partial charge in [-0.2, -0.15) is 0 Å². The van der Waals surface area contributed by atoms with Crippen LogP contribution in [0.3, 0.4) is 0 Å². The summed E-state index contributed by atoms with van der Waals surface area (Å²) in [4.78, 5) is 55.1. The molecule has 0 aromatic rings. The van der Waals surface area contributed by atoms with Gasteiger partial charge in [-0.1, -0.05) is 20.8 Å². The molecule has 0 aromatic carbocycles. The molecule has 0 radical (unpaired) electrons. The number of ketones is 1. The summed E-state index contributed by atoms with van der Waals surface area (Å²) in [5.41, 5.74) is 9.86. The number of likely N-dealkylation sites (tertiary alicyclic amines) is 1. The topological polar surface area (TPSA) is 165 Å². The summed E-state index contributed by atoms with van der Waals surface area (Å²) in [6.07, 6.45) is 1.70. The normalized spacial score (nSPS) is 14.9. The van der Waals surface area contributed by atoms with Gasteiger partial charge in [-0.25, -0.2) is 0 Å². The van der Waals surface area contributed by atoms with Crippen LogP contribution in [0.2, 0.25) is 0 Å². The number of hydrogen-bond acceptors (Lipinski definition) is 6. The maximum Gasteiger partial charge on any atom is 0.289 e. The Morgan fingerprint density at radius 2 is 1.78 bits per heavy atom. The third-order valence-corrected chi connectivity index (χ3v) is 2.97. The van der Waals surface area contributed by atoms with Gasteiger partial charge in [0.15, 0.2) is 0 Å². The summed E-state index contributed by atoms with van der Waals surface area (Å²) in [5.74, 6) is -1.14. The molecule has 0 spiro atoms. The highest BCUT2D eigenvalue weighted by Gasteiger charge is 2.36. The average Bonchev–Trinajstić information content (AvgIpc) is 3.08. The van der Waals surface area contributed by atoms with Crippen LogP contribution in [0.5, 0.6) is 0 Å². The maximum atomic E-state index is 11.7. The Morgan fingerprint density at radius 1 is 1.22 bits per heavy atom. The fourth-order valence-corrected chi connectivity index (χ4v) is 2.00. The highest BCUT2D eigenvalue weighted by Crippen LogP contribution is 2.17. The summed E-state index contributed by atoms with van der Waals surface area (Å²) in [6, 6.07) is -0.623. The average molecular weight is 387 g/mol. The molecule has 0 aromatic heterocycles. The Labute approximate surface area is 160 Å². The minimum Gasteiger partial charge on any atom is -0.368 e. The van der Waals surface area contributed by atoms with Gasteiger partial charge in [0.05, 0.1) is 13.1 Å². The fourth-order valence-electron chi connectivity index (χ4n) is 2.00. The summed E-state index contributed by atoms with van der Waals surface area (Å²) < 4.78 is 0. The van der Waals surface area contributed by atoms with Crippen LogP contribution >= 0.6 is 0 Å². The number of carbonyl (C=O) groups is 5. The molecular formula is C17H33N5O5. The first-order chi connectivity index (χ1) is 12.6. The first-order valence-corrected chi connectivity index (χ1v) is 8.89. The smallest absolute Gasteiger partial charge is 0.289 e. The predicted octanol–water partition coefficient (Wildman–Crippen LogP) is -1.48. The highest BCUT2D eigenvalue weighted by atomic mass is 16.2. The molecule has 27 heavy (non-hydrogen) atoms. The Hall–Kier alpha value is -2.49. The largest absolute Gasteiger partial charge is 0.368 e. The quantitative estimate of drug-likeness (QED) is 0.307. The molecule has 1 rings (SSSR count). The second-order valence-electron chi connectivity index (χ2n) is 6.37. The lowest BCUT2D eigenvalue weighted by atomic mass is 10.1. The van der Waals surface area contributed by atoms with Gasteiger partial charge in [0.25, 0.3) is 5.91 Å². The number of nitrogens with zero attached hydrogens (tertiary/aromatic N) is 1. The molecule has 0 bridgehead atoms. The SMILES string of the molecule is CC(C)C.CCNC(=O)C(=O)C1CCCN1C(=O)CN.NC(=O)CNC=O. The number of amides is 4. The number of hydrogen-bond donors (Lipinski definition) is 4. The van der Waals surface area contributed by atoms with Gasteiger partial charge in [-0.15, -0.1) is 0 Å². The molecule has 156 valence electrons. The van der Waals surface area contributed by atoms with Gasteiger partial charge in [-0.3, -0.25) is 24.0 Å². The van der Waals surface area contributed by atoms with Crippen molar-refractivity contribution in [3.63, 3.8) is 0 Å². The molecule has 1 saturated heterocycles. The zero-order valence-corrected chi connectivity index (χ0v) is 16.6. The molecule has 0 saturated carbocycles. The van der Waals surface area contributed by atoms with Crippen molar-refractivity contribution in [3.8, 4) is 0 Å². The maximum absolute atomic E-state index is 11.7. The van der Waals surface area contributed by atoms with Gasteiger partial charge >= 0.3 is 0 Å². The van der Waals surface area contributed by atoms with Crippen molar-refractivity contribution in [2.45, 2.75) is 46.6 Å². The lowest BCUT2D eigenvalue weighted by Gasteiger charge is -2.22. The fraction of sp³-hybridized carbons (Fsp3) is 0.706.